The molecule has 2 aromatic carbocycles. The van der Waals surface area contributed by atoms with Crippen molar-refractivity contribution < 1.29 is 4.74 Å². The number of benzene rings is 2. The van der Waals surface area contributed by atoms with Crippen LogP contribution in [0.2, 0.25) is 0 Å². The maximum Gasteiger partial charge on any atom is 0.143 e. The first-order valence-corrected chi connectivity index (χ1v) is 6.85. The van der Waals surface area contributed by atoms with Gasteiger partial charge in [0.2, 0.25) is 0 Å². The maximum atomic E-state index is 5.88. The number of H-pyrrole nitrogens is 1. The fraction of sp³-hybridized carbons (Fsp3) is 0.0667. The molecule has 1 aromatic heterocycles. The zero-order valence-corrected chi connectivity index (χ0v) is 11.8. The average molecular weight is 349 g/mol. The van der Waals surface area contributed by atoms with Crippen molar-refractivity contribution in [3.05, 3.63) is 63.9 Å². The summed E-state index contributed by atoms with van der Waals surface area (Å²) in [5.41, 5.74) is 2.24. The fourth-order valence-electron chi connectivity index (χ4n) is 1.95. The summed E-state index contributed by atoms with van der Waals surface area (Å²) in [6.07, 6.45) is 2.00. The quantitative estimate of drug-likeness (QED) is 0.699. The van der Waals surface area contributed by atoms with E-state index >= 15 is 0 Å². The highest BCUT2D eigenvalue weighted by Crippen LogP contribution is 2.28. The van der Waals surface area contributed by atoms with E-state index in [0.717, 1.165) is 11.3 Å². The molecular formula is C15H12INO. The number of nitrogens with one attached hydrogen (secondary N) is 1. The Morgan fingerprint density at radius 2 is 1.83 bits per heavy atom. The molecule has 0 aliphatic heterocycles. The lowest BCUT2D eigenvalue weighted by molar-refractivity contribution is 0.309. The molecule has 0 amide bonds. The monoisotopic (exact) mass is 349 g/mol. The number of aromatic amines is 1. The molecule has 0 unspecified atom stereocenters. The van der Waals surface area contributed by atoms with Gasteiger partial charge in [0.15, 0.2) is 0 Å². The predicted molar refractivity (Wildman–Crippen MR) is 81.8 cm³/mol. The second kappa shape index (κ2) is 5.02. The topological polar surface area (TPSA) is 25.0 Å². The van der Waals surface area contributed by atoms with Crippen molar-refractivity contribution >= 4 is 33.5 Å². The molecule has 90 valence electrons. The SMILES string of the molecule is Ic1c[nH]c2c(OCc3ccccc3)cccc12. The molecule has 0 saturated carbocycles. The van der Waals surface area contributed by atoms with E-state index in [4.69, 9.17) is 4.74 Å². The standard InChI is InChI=1S/C15H12INO/c16-13-9-17-15-12(13)7-4-8-14(15)18-10-11-5-2-1-3-6-11/h1-9,17H,10H2. The van der Waals surface area contributed by atoms with Crippen LogP contribution >= 0.6 is 22.6 Å². The molecule has 3 aromatic rings. The fourth-order valence-corrected chi connectivity index (χ4v) is 2.55. The van der Waals surface area contributed by atoms with Gasteiger partial charge in [-0.05, 0) is 34.2 Å². The van der Waals surface area contributed by atoms with Crippen LogP contribution in [-0.2, 0) is 6.61 Å². The van der Waals surface area contributed by atoms with Crippen molar-refractivity contribution in [2.45, 2.75) is 6.61 Å². The molecule has 3 rings (SSSR count). The van der Waals surface area contributed by atoms with E-state index in [1.807, 2.05) is 36.5 Å². The molecule has 2 nitrogen and oxygen atoms in total. The lowest BCUT2D eigenvalue weighted by Gasteiger charge is -2.07. The second-order valence-electron chi connectivity index (χ2n) is 4.09. The summed E-state index contributed by atoms with van der Waals surface area (Å²) >= 11 is 2.32. The van der Waals surface area contributed by atoms with Gasteiger partial charge in [-0.15, -0.1) is 0 Å². The van der Waals surface area contributed by atoms with E-state index in [2.05, 4.69) is 45.8 Å². The lowest BCUT2D eigenvalue weighted by atomic mass is 10.2. The van der Waals surface area contributed by atoms with Crippen LogP contribution in [0.1, 0.15) is 5.56 Å². The van der Waals surface area contributed by atoms with Crippen LogP contribution in [-0.4, -0.2) is 4.98 Å². The lowest BCUT2D eigenvalue weighted by Crippen LogP contribution is -1.95. The van der Waals surface area contributed by atoms with Crippen LogP contribution < -0.4 is 4.74 Å². The highest BCUT2D eigenvalue weighted by atomic mass is 127. The number of para-hydroxylation sites is 1. The zero-order chi connectivity index (χ0) is 12.4. The molecule has 0 radical (unpaired) electrons. The summed E-state index contributed by atoms with van der Waals surface area (Å²) in [5, 5.41) is 1.21. The summed E-state index contributed by atoms with van der Waals surface area (Å²) < 4.78 is 7.10. The number of ether oxygens (including phenoxy) is 1. The van der Waals surface area contributed by atoms with Gasteiger partial charge in [-0.2, -0.15) is 0 Å². The highest BCUT2D eigenvalue weighted by Gasteiger charge is 2.06. The Labute approximate surface area is 119 Å². The summed E-state index contributed by atoms with van der Waals surface area (Å²) in [6.45, 7) is 0.593. The molecule has 3 heteroatoms. The van der Waals surface area contributed by atoms with E-state index in [1.165, 1.54) is 14.5 Å². The molecular weight excluding hydrogens is 337 g/mol. The number of halogens is 1. The van der Waals surface area contributed by atoms with Crippen LogP contribution in [0.4, 0.5) is 0 Å². The smallest absolute Gasteiger partial charge is 0.143 e. The van der Waals surface area contributed by atoms with Gasteiger partial charge in [0.05, 0.1) is 5.52 Å². The number of fused-ring (bicyclic) bond motifs is 1. The van der Waals surface area contributed by atoms with Crippen molar-refractivity contribution in [2.75, 3.05) is 0 Å². The Kier molecular flexibility index (Phi) is 3.23. The largest absolute Gasteiger partial charge is 0.487 e. The number of hydrogen-bond acceptors (Lipinski definition) is 1. The molecule has 0 aliphatic rings. The average Bonchev–Trinajstić information content (AvgIpc) is 2.80. The Balaban J connectivity index is 1.87. The Bertz CT molecular complexity index is 661. The van der Waals surface area contributed by atoms with Crippen LogP contribution in [0.5, 0.6) is 5.75 Å². The van der Waals surface area contributed by atoms with Gasteiger partial charge >= 0.3 is 0 Å². The number of hydrogen-bond donors (Lipinski definition) is 1. The summed E-state index contributed by atoms with van der Waals surface area (Å²) in [7, 11) is 0. The van der Waals surface area contributed by atoms with E-state index in [9.17, 15) is 0 Å². The Morgan fingerprint density at radius 3 is 2.67 bits per heavy atom. The molecule has 0 aliphatic carbocycles. The van der Waals surface area contributed by atoms with Gasteiger partial charge in [-0.3, -0.25) is 0 Å². The summed E-state index contributed by atoms with van der Waals surface area (Å²) in [6, 6.07) is 16.3. The minimum atomic E-state index is 0.593. The highest BCUT2D eigenvalue weighted by molar-refractivity contribution is 14.1. The summed E-state index contributed by atoms with van der Waals surface area (Å²) in [4.78, 5) is 3.26. The van der Waals surface area contributed by atoms with Gasteiger partial charge in [-0.25, -0.2) is 0 Å². The van der Waals surface area contributed by atoms with E-state index < -0.39 is 0 Å². The van der Waals surface area contributed by atoms with E-state index in [-0.39, 0.29) is 0 Å². The van der Waals surface area contributed by atoms with Crippen molar-refractivity contribution in [2.24, 2.45) is 0 Å². The first-order valence-electron chi connectivity index (χ1n) is 5.77. The van der Waals surface area contributed by atoms with Gasteiger partial charge in [-0.1, -0.05) is 42.5 Å². The van der Waals surface area contributed by atoms with Crippen LogP contribution in [0.3, 0.4) is 0 Å². The predicted octanol–water partition coefficient (Wildman–Crippen LogP) is 4.35. The number of rotatable bonds is 3. The molecule has 18 heavy (non-hydrogen) atoms. The van der Waals surface area contributed by atoms with Crippen molar-refractivity contribution in [3.63, 3.8) is 0 Å². The van der Waals surface area contributed by atoms with Crippen LogP contribution in [0.25, 0.3) is 10.9 Å². The van der Waals surface area contributed by atoms with Crippen molar-refractivity contribution in [1.29, 1.82) is 0 Å². The summed E-state index contributed by atoms with van der Waals surface area (Å²) in [5.74, 6) is 0.902. The van der Waals surface area contributed by atoms with Crippen LogP contribution in [0.15, 0.2) is 54.7 Å². The first kappa shape index (κ1) is 11.6. The molecule has 0 fully saturated rings. The first-order chi connectivity index (χ1) is 8.84. The third-order valence-electron chi connectivity index (χ3n) is 2.86. The molecule has 1 heterocycles. The molecule has 0 atom stereocenters. The molecule has 0 saturated heterocycles. The zero-order valence-electron chi connectivity index (χ0n) is 9.69. The Hall–Kier alpha value is -1.49. The van der Waals surface area contributed by atoms with Crippen LogP contribution in [0, 0.1) is 3.57 Å². The Morgan fingerprint density at radius 1 is 1.00 bits per heavy atom. The third kappa shape index (κ3) is 2.22. The third-order valence-corrected chi connectivity index (χ3v) is 3.76. The minimum absolute atomic E-state index is 0.593. The van der Waals surface area contributed by atoms with E-state index in [0.29, 0.717) is 6.61 Å². The van der Waals surface area contributed by atoms with Crippen molar-refractivity contribution in [3.8, 4) is 5.75 Å². The number of aromatic nitrogens is 1. The van der Waals surface area contributed by atoms with Gasteiger partial charge < -0.3 is 9.72 Å². The molecule has 1 N–H and O–H groups in total. The maximum absolute atomic E-state index is 5.88. The normalized spacial score (nSPS) is 10.7. The van der Waals surface area contributed by atoms with Gasteiger partial charge in [0.1, 0.15) is 12.4 Å². The van der Waals surface area contributed by atoms with Gasteiger partial charge in [0, 0.05) is 15.2 Å². The minimum Gasteiger partial charge on any atom is -0.487 e. The molecule has 0 spiro atoms. The van der Waals surface area contributed by atoms with E-state index in [1.54, 1.807) is 0 Å². The second-order valence-corrected chi connectivity index (χ2v) is 5.25. The van der Waals surface area contributed by atoms with Crippen molar-refractivity contribution in [1.82, 2.24) is 4.98 Å². The van der Waals surface area contributed by atoms with Gasteiger partial charge in [0.25, 0.3) is 0 Å². The molecule has 0 bridgehead atoms.